The van der Waals surface area contributed by atoms with Crippen molar-refractivity contribution in [3.8, 4) is 28.4 Å². The molecule has 1 saturated heterocycles. The van der Waals surface area contributed by atoms with E-state index in [1.165, 1.54) is 6.33 Å². The molecule has 0 spiro atoms. The van der Waals surface area contributed by atoms with Gasteiger partial charge in [0.05, 0.1) is 37.0 Å². The number of hydrogen-bond donors (Lipinski definition) is 1. The summed E-state index contributed by atoms with van der Waals surface area (Å²) < 4.78 is 12.5. The number of anilines is 1. The predicted molar refractivity (Wildman–Crippen MR) is 135 cm³/mol. The van der Waals surface area contributed by atoms with Gasteiger partial charge in [-0.2, -0.15) is 10.2 Å². The number of aromatic amines is 1. The van der Waals surface area contributed by atoms with E-state index in [-0.39, 0.29) is 5.92 Å². The minimum absolute atomic E-state index is 0.234. The Labute approximate surface area is 204 Å². The average Bonchev–Trinajstić information content (AvgIpc) is 3.55. The third kappa shape index (κ3) is 4.59. The van der Waals surface area contributed by atoms with Crippen molar-refractivity contribution in [2.45, 2.75) is 19.8 Å². The lowest BCUT2D eigenvalue weighted by molar-refractivity contribution is 0.144. The number of nitrogens with one attached hydrogen (secondary N) is 1. The second kappa shape index (κ2) is 10.0. The number of ether oxygens (including phenoxy) is 2. The standard InChI is InChI=1S/C25H32N8O2/c1-17(2)22-23(18-13-21(35-4)25-27-16-28-33(25)15-18)29-30-24(22)20-6-5-19(14-26-20)32-9-7-31(8-10-32)11-12-34-3/h5-6,13-17H,7-12H2,1-4H3,(H,29,30). The van der Waals surface area contributed by atoms with Crippen LogP contribution in [-0.2, 0) is 4.74 Å². The summed E-state index contributed by atoms with van der Waals surface area (Å²) in [7, 11) is 3.39. The van der Waals surface area contributed by atoms with Crippen LogP contribution in [0.3, 0.4) is 0 Å². The molecular weight excluding hydrogens is 444 g/mol. The summed E-state index contributed by atoms with van der Waals surface area (Å²) >= 11 is 0. The van der Waals surface area contributed by atoms with Crippen LogP contribution in [0.4, 0.5) is 5.69 Å². The Balaban J connectivity index is 1.40. The van der Waals surface area contributed by atoms with Crippen LogP contribution in [0.25, 0.3) is 28.3 Å². The molecule has 0 aromatic carbocycles. The Morgan fingerprint density at radius 3 is 2.60 bits per heavy atom. The molecule has 0 bridgehead atoms. The van der Waals surface area contributed by atoms with Crippen molar-refractivity contribution in [3.63, 3.8) is 0 Å². The molecule has 1 fully saturated rings. The highest BCUT2D eigenvalue weighted by molar-refractivity contribution is 5.75. The van der Waals surface area contributed by atoms with Gasteiger partial charge in [0, 0.05) is 57.2 Å². The molecule has 0 saturated carbocycles. The molecule has 1 N–H and O–H groups in total. The Morgan fingerprint density at radius 1 is 1.09 bits per heavy atom. The van der Waals surface area contributed by atoms with Gasteiger partial charge in [0.25, 0.3) is 0 Å². The summed E-state index contributed by atoms with van der Waals surface area (Å²) in [5.74, 6) is 0.897. The normalized spacial score (nSPS) is 14.8. The van der Waals surface area contributed by atoms with Crippen molar-refractivity contribution in [1.29, 1.82) is 0 Å². The Hall–Kier alpha value is -3.50. The lowest BCUT2D eigenvalue weighted by Gasteiger charge is -2.35. The first-order valence-corrected chi connectivity index (χ1v) is 12.0. The summed E-state index contributed by atoms with van der Waals surface area (Å²) in [6.45, 7) is 10.1. The molecule has 0 atom stereocenters. The molecular formula is C25H32N8O2. The fourth-order valence-corrected chi connectivity index (χ4v) is 4.67. The zero-order valence-electron chi connectivity index (χ0n) is 20.7. The zero-order valence-corrected chi connectivity index (χ0v) is 20.7. The molecule has 0 radical (unpaired) electrons. The lowest BCUT2D eigenvalue weighted by Crippen LogP contribution is -2.47. The number of H-pyrrole nitrogens is 1. The summed E-state index contributed by atoms with van der Waals surface area (Å²) in [5.41, 5.74) is 6.52. The molecule has 4 aromatic heterocycles. The van der Waals surface area contributed by atoms with E-state index in [2.05, 4.69) is 56.1 Å². The van der Waals surface area contributed by atoms with E-state index in [4.69, 9.17) is 14.5 Å². The number of fused-ring (bicyclic) bond motifs is 1. The summed E-state index contributed by atoms with van der Waals surface area (Å²) in [6.07, 6.45) is 5.42. The molecule has 4 aromatic rings. The maximum absolute atomic E-state index is 5.55. The molecule has 1 aliphatic heterocycles. The van der Waals surface area contributed by atoms with E-state index in [9.17, 15) is 0 Å². The molecule has 0 amide bonds. The Morgan fingerprint density at radius 2 is 1.91 bits per heavy atom. The van der Waals surface area contributed by atoms with Gasteiger partial charge >= 0.3 is 0 Å². The third-order valence-corrected chi connectivity index (χ3v) is 6.57. The van der Waals surface area contributed by atoms with Crippen LogP contribution in [0, 0.1) is 0 Å². The summed E-state index contributed by atoms with van der Waals surface area (Å²) in [6, 6.07) is 6.19. The zero-order chi connectivity index (χ0) is 24.4. The average molecular weight is 477 g/mol. The topological polar surface area (TPSA) is 96.7 Å². The third-order valence-electron chi connectivity index (χ3n) is 6.57. The number of methoxy groups -OCH3 is 2. The largest absolute Gasteiger partial charge is 0.493 e. The van der Waals surface area contributed by atoms with Crippen molar-refractivity contribution in [3.05, 3.63) is 42.5 Å². The van der Waals surface area contributed by atoms with Crippen molar-refractivity contribution in [2.75, 3.05) is 58.5 Å². The Kier molecular flexibility index (Phi) is 6.65. The quantitative estimate of drug-likeness (QED) is 0.414. The number of piperazine rings is 1. The molecule has 10 heteroatoms. The highest BCUT2D eigenvalue weighted by atomic mass is 16.5. The second-order valence-corrected chi connectivity index (χ2v) is 9.06. The number of pyridine rings is 2. The van der Waals surface area contributed by atoms with Crippen LogP contribution in [0.2, 0.25) is 0 Å². The van der Waals surface area contributed by atoms with E-state index < -0.39 is 0 Å². The first-order chi connectivity index (χ1) is 17.1. The fourth-order valence-electron chi connectivity index (χ4n) is 4.67. The summed E-state index contributed by atoms with van der Waals surface area (Å²) in [4.78, 5) is 13.9. The molecule has 184 valence electrons. The van der Waals surface area contributed by atoms with Gasteiger partial charge in [-0.1, -0.05) is 13.8 Å². The highest BCUT2D eigenvalue weighted by Gasteiger charge is 2.22. The maximum atomic E-state index is 5.55. The first kappa shape index (κ1) is 23.3. The van der Waals surface area contributed by atoms with Crippen LogP contribution in [0.5, 0.6) is 5.75 Å². The fraction of sp³-hybridized carbons (Fsp3) is 0.440. The van der Waals surface area contributed by atoms with Gasteiger partial charge < -0.3 is 14.4 Å². The van der Waals surface area contributed by atoms with Crippen LogP contribution in [0.15, 0.2) is 36.9 Å². The van der Waals surface area contributed by atoms with Gasteiger partial charge in [-0.3, -0.25) is 15.0 Å². The number of rotatable bonds is 8. The van der Waals surface area contributed by atoms with Crippen LogP contribution >= 0.6 is 0 Å². The first-order valence-electron chi connectivity index (χ1n) is 12.0. The van der Waals surface area contributed by atoms with Crippen molar-refractivity contribution in [1.82, 2.24) is 34.7 Å². The molecule has 0 unspecified atom stereocenters. The summed E-state index contributed by atoms with van der Waals surface area (Å²) in [5, 5.41) is 12.2. The van der Waals surface area contributed by atoms with Gasteiger partial charge in [-0.05, 0) is 24.1 Å². The SMILES string of the molecule is COCCN1CCN(c2ccc(-c3n[nH]c(-c4cc(OC)c5ncnn5c4)c3C(C)C)nc2)CC1. The lowest BCUT2D eigenvalue weighted by atomic mass is 9.96. The minimum Gasteiger partial charge on any atom is -0.493 e. The number of nitrogens with zero attached hydrogens (tertiary/aromatic N) is 7. The van der Waals surface area contributed by atoms with E-state index in [0.717, 1.165) is 73.2 Å². The number of hydrogen-bond acceptors (Lipinski definition) is 8. The van der Waals surface area contributed by atoms with E-state index in [0.29, 0.717) is 11.4 Å². The smallest absolute Gasteiger partial charge is 0.197 e. The van der Waals surface area contributed by atoms with E-state index >= 15 is 0 Å². The molecule has 5 rings (SSSR count). The van der Waals surface area contributed by atoms with Crippen molar-refractivity contribution >= 4 is 11.3 Å². The monoisotopic (exact) mass is 476 g/mol. The van der Waals surface area contributed by atoms with Gasteiger partial charge in [-0.15, -0.1) is 0 Å². The van der Waals surface area contributed by atoms with E-state index in [1.54, 1.807) is 18.7 Å². The van der Waals surface area contributed by atoms with Gasteiger partial charge in [0.15, 0.2) is 11.4 Å². The molecule has 35 heavy (non-hydrogen) atoms. The van der Waals surface area contributed by atoms with Crippen molar-refractivity contribution in [2.24, 2.45) is 0 Å². The van der Waals surface area contributed by atoms with Crippen LogP contribution in [0.1, 0.15) is 25.3 Å². The molecule has 1 aliphatic rings. The van der Waals surface area contributed by atoms with Gasteiger partial charge in [-0.25, -0.2) is 9.50 Å². The molecule has 5 heterocycles. The predicted octanol–water partition coefficient (Wildman–Crippen LogP) is 3.08. The maximum Gasteiger partial charge on any atom is 0.197 e. The Bertz CT molecular complexity index is 1270. The van der Waals surface area contributed by atoms with Crippen LogP contribution < -0.4 is 9.64 Å². The molecule has 0 aliphatic carbocycles. The highest BCUT2D eigenvalue weighted by Crippen LogP contribution is 2.36. The van der Waals surface area contributed by atoms with Crippen molar-refractivity contribution < 1.29 is 9.47 Å². The second-order valence-electron chi connectivity index (χ2n) is 9.06. The van der Waals surface area contributed by atoms with Gasteiger partial charge in [0.1, 0.15) is 12.0 Å². The van der Waals surface area contributed by atoms with E-state index in [1.807, 2.05) is 18.5 Å². The van der Waals surface area contributed by atoms with Crippen LogP contribution in [-0.4, -0.2) is 88.2 Å². The minimum atomic E-state index is 0.234. The number of aromatic nitrogens is 6. The van der Waals surface area contributed by atoms with Gasteiger partial charge in [0.2, 0.25) is 0 Å². The molecule has 10 nitrogen and oxygen atoms in total.